The minimum absolute atomic E-state index is 0.457. The molecule has 3 unspecified atom stereocenters. The zero-order chi connectivity index (χ0) is 11.5. The van der Waals surface area contributed by atoms with Crippen LogP contribution in [0.1, 0.15) is 39.5 Å². The molecule has 3 atom stereocenters. The summed E-state index contributed by atoms with van der Waals surface area (Å²) < 4.78 is 0. The van der Waals surface area contributed by atoms with Crippen LogP contribution in [-0.2, 0) is 0 Å². The Morgan fingerprint density at radius 1 is 1.25 bits per heavy atom. The molecular formula is C13H27N3. The van der Waals surface area contributed by atoms with Crippen molar-refractivity contribution < 1.29 is 0 Å². The average Bonchev–Trinajstić information content (AvgIpc) is 2.29. The Bertz CT molecular complexity index is 219. The number of hydrogen-bond acceptors (Lipinski definition) is 3. The van der Waals surface area contributed by atoms with E-state index in [1.807, 2.05) is 0 Å². The summed E-state index contributed by atoms with van der Waals surface area (Å²) in [5.74, 6) is 0. The summed E-state index contributed by atoms with van der Waals surface area (Å²) in [5, 5.41) is 0. The fraction of sp³-hybridized carbons (Fsp3) is 1.00. The molecule has 0 aromatic heterocycles. The van der Waals surface area contributed by atoms with Crippen molar-refractivity contribution in [3.05, 3.63) is 0 Å². The highest BCUT2D eigenvalue weighted by Crippen LogP contribution is 2.24. The predicted molar refractivity (Wildman–Crippen MR) is 68.5 cm³/mol. The van der Waals surface area contributed by atoms with E-state index in [0.29, 0.717) is 6.04 Å². The van der Waals surface area contributed by atoms with Gasteiger partial charge in [0.1, 0.15) is 0 Å². The van der Waals surface area contributed by atoms with Crippen molar-refractivity contribution in [2.45, 2.75) is 57.7 Å². The molecule has 2 aliphatic rings. The van der Waals surface area contributed by atoms with E-state index in [0.717, 1.165) is 12.1 Å². The van der Waals surface area contributed by atoms with E-state index in [9.17, 15) is 0 Å². The van der Waals surface area contributed by atoms with Gasteiger partial charge in [0.25, 0.3) is 0 Å². The Hall–Kier alpha value is -0.120. The van der Waals surface area contributed by atoms with Gasteiger partial charge in [-0.25, -0.2) is 0 Å². The first-order valence-corrected chi connectivity index (χ1v) is 6.94. The molecule has 1 saturated heterocycles. The second-order valence-corrected chi connectivity index (χ2v) is 5.55. The highest BCUT2D eigenvalue weighted by atomic mass is 15.3. The van der Waals surface area contributed by atoms with Crippen LogP contribution in [0.4, 0.5) is 0 Å². The van der Waals surface area contributed by atoms with Gasteiger partial charge in [-0.05, 0) is 32.7 Å². The standard InChI is InChI=1S/C13H27N3/c1-3-15-7-8-16(10-11(15)2)13-6-4-5-12(14)9-13/h11-13H,3-10,14H2,1-2H3. The fourth-order valence-electron chi connectivity index (χ4n) is 3.36. The third-order valence-electron chi connectivity index (χ3n) is 4.41. The third kappa shape index (κ3) is 2.76. The fourth-order valence-corrected chi connectivity index (χ4v) is 3.36. The molecule has 0 spiro atoms. The maximum atomic E-state index is 6.08. The molecule has 2 fully saturated rings. The first-order valence-electron chi connectivity index (χ1n) is 6.94. The van der Waals surface area contributed by atoms with Crippen LogP contribution in [0.2, 0.25) is 0 Å². The minimum atomic E-state index is 0.457. The molecule has 0 aromatic rings. The summed E-state index contributed by atoms with van der Waals surface area (Å²) >= 11 is 0. The molecule has 16 heavy (non-hydrogen) atoms. The molecule has 0 radical (unpaired) electrons. The third-order valence-corrected chi connectivity index (χ3v) is 4.41. The quantitative estimate of drug-likeness (QED) is 0.768. The van der Waals surface area contributed by atoms with Crippen molar-refractivity contribution in [1.29, 1.82) is 0 Å². The molecule has 1 aliphatic carbocycles. The first kappa shape index (κ1) is 12.3. The summed E-state index contributed by atoms with van der Waals surface area (Å²) in [6.45, 7) is 9.55. The molecule has 2 rings (SSSR count). The van der Waals surface area contributed by atoms with Crippen LogP contribution in [-0.4, -0.2) is 54.1 Å². The number of likely N-dealkylation sites (N-methyl/N-ethyl adjacent to an activating group) is 1. The van der Waals surface area contributed by atoms with Crippen molar-refractivity contribution in [2.24, 2.45) is 5.73 Å². The van der Waals surface area contributed by atoms with E-state index in [1.165, 1.54) is 51.9 Å². The van der Waals surface area contributed by atoms with Gasteiger partial charge < -0.3 is 5.73 Å². The summed E-state index contributed by atoms with van der Waals surface area (Å²) in [7, 11) is 0. The van der Waals surface area contributed by atoms with Crippen molar-refractivity contribution in [1.82, 2.24) is 9.80 Å². The second kappa shape index (κ2) is 5.48. The van der Waals surface area contributed by atoms with E-state index < -0.39 is 0 Å². The first-order chi connectivity index (χ1) is 7.70. The van der Waals surface area contributed by atoms with Gasteiger partial charge in [-0.2, -0.15) is 0 Å². The minimum Gasteiger partial charge on any atom is -0.328 e. The summed E-state index contributed by atoms with van der Waals surface area (Å²) in [6.07, 6.45) is 5.15. The predicted octanol–water partition coefficient (Wildman–Crippen LogP) is 1.28. The number of nitrogens with zero attached hydrogens (tertiary/aromatic N) is 2. The summed E-state index contributed by atoms with van der Waals surface area (Å²) in [5.41, 5.74) is 6.08. The largest absolute Gasteiger partial charge is 0.328 e. The average molecular weight is 225 g/mol. The van der Waals surface area contributed by atoms with E-state index in [2.05, 4.69) is 23.6 Å². The van der Waals surface area contributed by atoms with Gasteiger partial charge in [0.15, 0.2) is 0 Å². The molecule has 3 nitrogen and oxygen atoms in total. The molecular weight excluding hydrogens is 198 g/mol. The zero-order valence-corrected chi connectivity index (χ0v) is 10.9. The molecule has 1 aliphatic heterocycles. The topological polar surface area (TPSA) is 32.5 Å². The smallest absolute Gasteiger partial charge is 0.0195 e. The molecule has 94 valence electrons. The molecule has 1 heterocycles. The monoisotopic (exact) mass is 225 g/mol. The van der Waals surface area contributed by atoms with Gasteiger partial charge >= 0.3 is 0 Å². The van der Waals surface area contributed by atoms with Crippen molar-refractivity contribution >= 4 is 0 Å². The lowest BCUT2D eigenvalue weighted by Crippen LogP contribution is -2.56. The normalized spacial score (nSPS) is 38.8. The van der Waals surface area contributed by atoms with E-state index in [-0.39, 0.29) is 0 Å². The lowest BCUT2D eigenvalue weighted by Gasteiger charge is -2.44. The molecule has 0 aromatic carbocycles. The number of piperazine rings is 1. The van der Waals surface area contributed by atoms with Crippen molar-refractivity contribution in [3.8, 4) is 0 Å². The molecule has 0 amide bonds. The Balaban J connectivity index is 1.86. The summed E-state index contributed by atoms with van der Waals surface area (Å²) in [4.78, 5) is 5.27. The van der Waals surface area contributed by atoms with Crippen molar-refractivity contribution in [2.75, 3.05) is 26.2 Å². The van der Waals surface area contributed by atoms with Crippen LogP contribution in [0.5, 0.6) is 0 Å². The molecule has 3 heteroatoms. The number of nitrogens with two attached hydrogens (primary N) is 1. The number of hydrogen-bond donors (Lipinski definition) is 1. The van der Waals surface area contributed by atoms with E-state index in [4.69, 9.17) is 5.73 Å². The zero-order valence-electron chi connectivity index (χ0n) is 10.9. The molecule has 2 N–H and O–H groups in total. The van der Waals surface area contributed by atoms with Gasteiger partial charge in [-0.1, -0.05) is 13.3 Å². The number of rotatable bonds is 2. The van der Waals surface area contributed by atoms with E-state index in [1.54, 1.807) is 0 Å². The highest BCUT2D eigenvalue weighted by molar-refractivity contribution is 4.87. The van der Waals surface area contributed by atoms with Crippen molar-refractivity contribution in [3.63, 3.8) is 0 Å². The van der Waals surface area contributed by atoms with Gasteiger partial charge in [-0.15, -0.1) is 0 Å². The summed E-state index contributed by atoms with van der Waals surface area (Å²) in [6, 6.07) is 1.94. The molecule has 1 saturated carbocycles. The van der Waals surface area contributed by atoms with Crippen LogP contribution in [0.15, 0.2) is 0 Å². The van der Waals surface area contributed by atoms with Crippen LogP contribution in [0, 0.1) is 0 Å². The van der Waals surface area contributed by atoms with Gasteiger partial charge in [0.05, 0.1) is 0 Å². The Morgan fingerprint density at radius 3 is 2.69 bits per heavy atom. The van der Waals surface area contributed by atoms with Crippen LogP contribution >= 0.6 is 0 Å². The van der Waals surface area contributed by atoms with Gasteiger partial charge in [0.2, 0.25) is 0 Å². The van der Waals surface area contributed by atoms with E-state index >= 15 is 0 Å². The van der Waals surface area contributed by atoms with Gasteiger partial charge in [-0.3, -0.25) is 9.80 Å². The van der Waals surface area contributed by atoms with Crippen LogP contribution in [0.3, 0.4) is 0 Å². The second-order valence-electron chi connectivity index (χ2n) is 5.55. The highest BCUT2D eigenvalue weighted by Gasteiger charge is 2.30. The lowest BCUT2D eigenvalue weighted by atomic mass is 9.90. The Labute approximate surface area is 100.0 Å². The maximum Gasteiger partial charge on any atom is 0.0195 e. The van der Waals surface area contributed by atoms with Gasteiger partial charge in [0, 0.05) is 37.8 Å². The SMILES string of the molecule is CCN1CCN(C2CCCC(N)C2)CC1C. The molecule has 0 bridgehead atoms. The van der Waals surface area contributed by atoms with Crippen LogP contribution < -0.4 is 5.73 Å². The van der Waals surface area contributed by atoms with Crippen LogP contribution in [0.25, 0.3) is 0 Å². The Kier molecular flexibility index (Phi) is 4.22. The Morgan fingerprint density at radius 2 is 2.06 bits per heavy atom. The maximum absolute atomic E-state index is 6.08. The lowest BCUT2D eigenvalue weighted by molar-refractivity contribution is 0.0437.